The Morgan fingerprint density at radius 1 is 1.40 bits per heavy atom. The lowest BCUT2D eigenvalue weighted by atomic mass is 9.73. The van der Waals surface area contributed by atoms with E-state index < -0.39 is 8.07 Å². The SMILES string of the molecule is CC1(C/C=C/[Si](C)(C)C)CCCC(=O)C1. The lowest BCUT2D eigenvalue weighted by Gasteiger charge is -2.31. The number of carbonyl (C=O) groups is 1. The average Bonchev–Trinajstić information content (AvgIpc) is 1.99. The molecular weight excluding hydrogens is 200 g/mol. The zero-order valence-electron chi connectivity index (χ0n) is 10.6. The first-order valence-corrected chi connectivity index (χ1v) is 9.58. The fourth-order valence-electron chi connectivity index (χ4n) is 2.24. The average molecular weight is 224 g/mol. The van der Waals surface area contributed by atoms with Crippen LogP contribution in [-0.2, 0) is 4.79 Å². The van der Waals surface area contributed by atoms with Gasteiger partial charge in [-0.05, 0) is 24.7 Å². The molecule has 0 spiro atoms. The Balaban J connectivity index is 2.49. The van der Waals surface area contributed by atoms with E-state index >= 15 is 0 Å². The van der Waals surface area contributed by atoms with E-state index in [0.717, 1.165) is 25.7 Å². The van der Waals surface area contributed by atoms with E-state index in [2.05, 4.69) is 38.3 Å². The largest absolute Gasteiger partial charge is 0.300 e. The Morgan fingerprint density at radius 3 is 2.60 bits per heavy atom. The third-order valence-corrected chi connectivity index (χ3v) is 4.32. The summed E-state index contributed by atoms with van der Waals surface area (Å²) in [5.41, 5.74) is 2.66. The van der Waals surface area contributed by atoms with E-state index in [1.165, 1.54) is 6.42 Å². The first-order chi connectivity index (χ1) is 6.81. The summed E-state index contributed by atoms with van der Waals surface area (Å²) in [6.45, 7) is 9.30. The first-order valence-electron chi connectivity index (χ1n) is 6.00. The molecule has 0 aromatic heterocycles. The molecule has 2 heteroatoms. The fourth-order valence-corrected chi connectivity index (χ4v) is 3.06. The monoisotopic (exact) mass is 224 g/mol. The molecular formula is C13H24OSi. The number of hydrogen-bond acceptors (Lipinski definition) is 1. The van der Waals surface area contributed by atoms with Gasteiger partial charge in [0.25, 0.3) is 0 Å². The fraction of sp³-hybridized carbons (Fsp3) is 0.769. The van der Waals surface area contributed by atoms with Crippen molar-refractivity contribution in [3.05, 3.63) is 11.8 Å². The lowest BCUT2D eigenvalue weighted by molar-refractivity contribution is -0.123. The van der Waals surface area contributed by atoms with E-state index in [1.807, 2.05) is 0 Å². The van der Waals surface area contributed by atoms with Gasteiger partial charge in [0.05, 0.1) is 8.07 Å². The second-order valence-electron chi connectivity index (χ2n) is 6.35. The van der Waals surface area contributed by atoms with Gasteiger partial charge in [-0.2, -0.15) is 0 Å². The van der Waals surface area contributed by atoms with Gasteiger partial charge in [-0.3, -0.25) is 4.79 Å². The molecule has 1 atom stereocenters. The van der Waals surface area contributed by atoms with Crippen molar-refractivity contribution in [2.45, 2.75) is 58.7 Å². The predicted octanol–water partition coefficient (Wildman–Crippen LogP) is 3.96. The highest BCUT2D eigenvalue weighted by Gasteiger charge is 2.29. The summed E-state index contributed by atoms with van der Waals surface area (Å²) in [6.07, 6.45) is 7.33. The molecule has 0 aromatic rings. The smallest absolute Gasteiger partial charge is 0.133 e. The van der Waals surface area contributed by atoms with Crippen molar-refractivity contribution in [1.29, 1.82) is 0 Å². The van der Waals surface area contributed by atoms with Gasteiger partial charge in [0, 0.05) is 12.8 Å². The van der Waals surface area contributed by atoms with Gasteiger partial charge in [-0.15, -0.1) is 0 Å². The number of hydrogen-bond donors (Lipinski definition) is 0. The standard InChI is InChI=1S/C13H24OSi/c1-13(8-5-7-12(14)11-13)9-6-10-15(2,3)4/h6,10H,5,7-9,11H2,1-4H3/b10-6+. The molecule has 15 heavy (non-hydrogen) atoms. The summed E-state index contributed by atoms with van der Waals surface area (Å²) in [5.74, 6) is 0.463. The molecule has 0 radical (unpaired) electrons. The van der Waals surface area contributed by atoms with Crippen LogP contribution in [0.25, 0.3) is 0 Å². The number of carbonyl (C=O) groups excluding carboxylic acids is 1. The minimum absolute atomic E-state index is 0.255. The van der Waals surface area contributed by atoms with Gasteiger partial charge >= 0.3 is 0 Å². The van der Waals surface area contributed by atoms with Crippen LogP contribution >= 0.6 is 0 Å². The van der Waals surface area contributed by atoms with E-state index in [9.17, 15) is 4.79 Å². The number of rotatable bonds is 3. The van der Waals surface area contributed by atoms with Gasteiger partial charge in [-0.25, -0.2) is 0 Å². The van der Waals surface area contributed by atoms with Crippen molar-refractivity contribution in [1.82, 2.24) is 0 Å². The van der Waals surface area contributed by atoms with Gasteiger partial charge in [0.1, 0.15) is 5.78 Å². The Bertz CT molecular complexity index is 262. The minimum Gasteiger partial charge on any atom is -0.300 e. The number of Topliss-reactive ketones (excluding diaryl/α,β-unsaturated/α-hetero) is 1. The molecule has 0 amide bonds. The maximum atomic E-state index is 11.4. The molecule has 1 aliphatic rings. The zero-order chi connectivity index (χ0) is 11.5. The molecule has 86 valence electrons. The van der Waals surface area contributed by atoms with Gasteiger partial charge < -0.3 is 0 Å². The second-order valence-corrected chi connectivity index (χ2v) is 11.4. The number of allylic oxidation sites excluding steroid dienone is 1. The summed E-state index contributed by atoms with van der Waals surface area (Å²) >= 11 is 0. The van der Waals surface area contributed by atoms with E-state index in [4.69, 9.17) is 0 Å². The van der Waals surface area contributed by atoms with Crippen molar-refractivity contribution >= 4 is 13.9 Å². The third kappa shape index (κ3) is 4.78. The molecule has 0 bridgehead atoms. The van der Waals surface area contributed by atoms with Crippen LogP contribution in [0.3, 0.4) is 0 Å². The first kappa shape index (κ1) is 12.7. The topological polar surface area (TPSA) is 17.1 Å². The van der Waals surface area contributed by atoms with E-state index in [1.54, 1.807) is 0 Å². The molecule has 1 fully saturated rings. The highest BCUT2D eigenvalue weighted by atomic mass is 28.3. The molecule has 0 aromatic carbocycles. The predicted molar refractivity (Wildman–Crippen MR) is 68.7 cm³/mol. The molecule has 0 heterocycles. The van der Waals surface area contributed by atoms with Crippen LogP contribution in [0.1, 0.15) is 39.0 Å². The summed E-state index contributed by atoms with van der Waals surface area (Å²) in [4.78, 5) is 11.4. The third-order valence-electron chi connectivity index (χ3n) is 3.09. The summed E-state index contributed by atoms with van der Waals surface area (Å²) in [5, 5.41) is 0. The second kappa shape index (κ2) is 4.65. The van der Waals surface area contributed by atoms with Crippen molar-refractivity contribution in [3.63, 3.8) is 0 Å². The normalized spacial score (nSPS) is 28.7. The minimum atomic E-state index is -1.06. The molecule has 0 saturated heterocycles. The van der Waals surface area contributed by atoms with Crippen LogP contribution in [0.4, 0.5) is 0 Å². The Morgan fingerprint density at radius 2 is 2.07 bits per heavy atom. The summed E-state index contributed by atoms with van der Waals surface area (Å²) < 4.78 is 0. The van der Waals surface area contributed by atoms with Crippen molar-refractivity contribution in [2.75, 3.05) is 0 Å². The Hall–Kier alpha value is -0.373. The highest BCUT2D eigenvalue weighted by molar-refractivity contribution is 6.80. The van der Waals surface area contributed by atoms with Crippen LogP contribution in [0.5, 0.6) is 0 Å². The molecule has 1 nitrogen and oxygen atoms in total. The zero-order valence-corrected chi connectivity index (χ0v) is 11.6. The van der Waals surface area contributed by atoms with Gasteiger partial charge in [0.15, 0.2) is 0 Å². The number of ketones is 1. The molecule has 0 N–H and O–H groups in total. The van der Waals surface area contributed by atoms with E-state index in [0.29, 0.717) is 5.78 Å². The van der Waals surface area contributed by atoms with Gasteiger partial charge in [-0.1, -0.05) is 38.3 Å². The van der Waals surface area contributed by atoms with Crippen molar-refractivity contribution in [2.24, 2.45) is 5.41 Å². The maximum absolute atomic E-state index is 11.4. The molecule has 1 unspecified atom stereocenters. The van der Waals surface area contributed by atoms with Gasteiger partial charge in [0.2, 0.25) is 0 Å². The van der Waals surface area contributed by atoms with Crippen LogP contribution < -0.4 is 0 Å². The van der Waals surface area contributed by atoms with Crippen molar-refractivity contribution in [3.8, 4) is 0 Å². The quantitative estimate of drug-likeness (QED) is 0.663. The Kier molecular flexibility index (Phi) is 3.93. The maximum Gasteiger partial charge on any atom is 0.133 e. The van der Waals surface area contributed by atoms with E-state index in [-0.39, 0.29) is 5.41 Å². The van der Waals surface area contributed by atoms with Crippen LogP contribution in [0, 0.1) is 5.41 Å². The summed E-state index contributed by atoms with van der Waals surface area (Å²) in [6, 6.07) is 0. The van der Waals surface area contributed by atoms with Crippen molar-refractivity contribution < 1.29 is 4.79 Å². The summed E-state index contributed by atoms with van der Waals surface area (Å²) in [7, 11) is -1.06. The Labute approximate surface area is 95.0 Å². The van der Waals surface area contributed by atoms with Crippen LogP contribution in [0.2, 0.25) is 19.6 Å². The molecule has 1 rings (SSSR count). The lowest BCUT2D eigenvalue weighted by Crippen LogP contribution is -2.25. The molecule has 1 aliphatic carbocycles. The van der Waals surface area contributed by atoms with Crippen LogP contribution in [-0.4, -0.2) is 13.9 Å². The molecule has 0 aliphatic heterocycles. The molecule has 1 saturated carbocycles. The van der Waals surface area contributed by atoms with Crippen LogP contribution in [0.15, 0.2) is 11.8 Å². The highest BCUT2D eigenvalue weighted by Crippen LogP contribution is 2.37.